The van der Waals surface area contributed by atoms with Crippen LogP contribution in [-0.4, -0.2) is 42.0 Å². The maximum Gasteiger partial charge on any atom is 0.254 e. The third-order valence-corrected chi connectivity index (χ3v) is 4.54. The van der Waals surface area contributed by atoms with Crippen LogP contribution in [0.25, 0.3) is 0 Å². The van der Waals surface area contributed by atoms with Crippen molar-refractivity contribution in [3.63, 3.8) is 0 Å². The summed E-state index contributed by atoms with van der Waals surface area (Å²) in [6.07, 6.45) is 0.952. The molecule has 2 aliphatic rings. The largest absolute Gasteiger partial charge is 0.372 e. The number of hydrogen-bond donors (Lipinski definition) is 1. The number of anilines is 1. The molecular weight excluding hydrogens is 292 g/mol. The van der Waals surface area contributed by atoms with Gasteiger partial charge in [0.1, 0.15) is 0 Å². The third-order valence-electron chi connectivity index (χ3n) is 4.54. The van der Waals surface area contributed by atoms with E-state index in [9.17, 15) is 9.59 Å². The molecule has 23 heavy (non-hydrogen) atoms. The van der Waals surface area contributed by atoms with E-state index in [1.165, 1.54) is 0 Å². The fourth-order valence-electron chi connectivity index (χ4n) is 3.02. The summed E-state index contributed by atoms with van der Waals surface area (Å²) in [5.41, 5.74) is 0.971. The number of carbonyl (C=O) groups excluding carboxylic acids is 2. The lowest BCUT2D eigenvalue weighted by Crippen LogP contribution is -2.50. The predicted octanol–water partition coefficient (Wildman–Crippen LogP) is 2.53. The van der Waals surface area contributed by atoms with Crippen molar-refractivity contribution in [1.29, 1.82) is 0 Å². The molecule has 1 aromatic carbocycles. The van der Waals surface area contributed by atoms with Crippen molar-refractivity contribution in [2.75, 3.05) is 25.0 Å². The van der Waals surface area contributed by atoms with Gasteiger partial charge in [-0.2, -0.15) is 0 Å². The van der Waals surface area contributed by atoms with Crippen LogP contribution in [0.3, 0.4) is 0 Å². The summed E-state index contributed by atoms with van der Waals surface area (Å²) in [7, 11) is 0. The van der Waals surface area contributed by atoms with Gasteiger partial charge in [-0.05, 0) is 44.4 Å². The van der Waals surface area contributed by atoms with E-state index in [-0.39, 0.29) is 23.3 Å². The summed E-state index contributed by atoms with van der Waals surface area (Å²) < 4.78 is 5.65. The molecule has 0 spiro atoms. The minimum atomic E-state index is -0.318. The zero-order valence-corrected chi connectivity index (χ0v) is 14.0. The first-order valence-corrected chi connectivity index (χ1v) is 8.20. The molecule has 2 atom stereocenters. The molecule has 124 valence electrons. The van der Waals surface area contributed by atoms with Crippen molar-refractivity contribution in [3.05, 3.63) is 29.8 Å². The molecule has 5 heteroatoms. The minimum Gasteiger partial charge on any atom is -0.372 e. The quantitative estimate of drug-likeness (QED) is 0.932. The Morgan fingerprint density at radius 1 is 1.35 bits per heavy atom. The molecule has 5 nitrogen and oxygen atoms in total. The Labute approximate surface area is 137 Å². The molecule has 2 unspecified atom stereocenters. The van der Waals surface area contributed by atoms with E-state index < -0.39 is 0 Å². The Hall–Kier alpha value is -1.88. The van der Waals surface area contributed by atoms with Crippen molar-refractivity contribution in [2.45, 2.75) is 32.8 Å². The molecule has 0 radical (unpaired) electrons. The van der Waals surface area contributed by atoms with Gasteiger partial charge in [-0.15, -0.1) is 0 Å². The Bertz CT molecular complexity index is 626. The summed E-state index contributed by atoms with van der Waals surface area (Å²) in [5.74, 6) is 0.622. The monoisotopic (exact) mass is 316 g/mol. The molecule has 1 aromatic rings. The maximum atomic E-state index is 12.7. The number of ether oxygens (including phenoxy) is 1. The molecule has 2 amide bonds. The number of benzene rings is 1. The predicted molar refractivity (Wildman–Crippen MR) is 88.3 cm³/mol. The Balaban J connectivity index is 1.69. The van der Waals surface area contributed by atoms with Gasteiger partial charge in [-0.1, -0.05) is 13.0 Å². The smallest absolute Gasteiger partial charge is 0.254 e. The van der Waals surface area contributed by atoms with Gasteiger partial charge in [0.05, 0.1) is 12.2 Å². The molecule has 0 aromatic heterocycles. The van der Waals surface area contributed by atoms with Crippen LogP contribution in [0, 0.1) is 11.8 Å². The normalized spacial score (nSPS) is 25.8. The summed E-state index contributed by atoms with van der Waals surface area (Å²) in [6.45, 7) is 7.76. The second-order valence-corrected chi connectivity index (χ2v) is 7.22. The number of morpholine rings is 1. The van der Waals surface area contributed by atoms with E-state index >= 15 is 0 Å². The number of carbonyl (C=O) groups is 2. The van der Waals surface area contributed by atoms with Gasteiger partial charge in [0.2, 0.25) is 5.91 Å². The Morgan fingerprint density at radius 2 is 2.09 bits per heavy atom. The number of amides is 2. The molecular formula is C18H24N2O3. The molecule has 1 heterocycles. The van der Waals surface area contributed by atoms with Gasteiger partial charge in [-0.3, -0.25) is 9.59 Å². The lowest BCUT2D eigenvalue weighted by molar-refractivity contribution is -0.117. The second-order valence-electron chi connectivity index (χ2n) is 7.22. The molecule has 1 aliphatic carbocycles. The first-order valence-electron chi connectivity index (χ1n) is 8.20. The second kappa shape index (κ2) is 5.96. The molecule has 1 saturated carbocycles. The van der Waals surface area contributed by atoms with Gasteiger partial charge < -0.3 is 15.0 Å². The lowest BCUT2D eigenvalue weighted by atomic mass is 10.1. The van der Waals surface area contributed by atoms with Gasteiger partial charge in [0, 0.05) is 30.3 Å². The topological polar surface area (TPSA) is 58.6 Å². The summed E-state index contributed by atoms with van der Waals surface area (Å²) in [6, 6.07) is 7.19. The van der Waals surface area contributed by atoms with Gasteiger partial charge >= 0.3 is 0 Å². The van der Waals surface area contributed by atoms with Gasteiger partial charge in [0.15, 0.2) is 0 Å². The van der Waals surface area contributed by atoms with Crippen LogP contribution in [0.4, 0.5) is 5.69 Å². The first-order chi connectivity index (χ1) is 10.9. The minimum absolute atomic E-state index is 0.0164. The average Bonchev–Trinajstić information content (AvgIpc) is 3.23. The van der Waals surface area contributed by atoms with Gasteiger partial charge in [0.25, 0.3) is 5.91 Å². The summed E-state index contributed by atoms with van der Waals surface area (Å²) in [4.78, 5) is 26.5. The van der Waals surface area contributed by atoms with E-state index in [1.54, 1.807) is 12.1 Å². The Kier molecular flexibility index (Phi) is 4.15. The van der Waals surface area contributed by atoms with Crippen LogP contribution in [0.1, 0.15) is 37.6 Å². The van der Waals surface area contributed by atoms with E-state index in [1.807, 2.05) is 30.9 Å². The van der Waals surface area contributed by atoms with E-state index in [0.717, 1.165) is 6.42 Å². The highest BCUT2D eigenvalue weighted by Gasteiger charge is 2.39. The SMILES string of the molecule is CC1CC1C(=O)Nc1cccc(C(=O)N2CCOC(C)(C)C2)c1. The average molecular weight is 316 g/mol. The number of nitrogens with one attached hydrogen (secondary N) is 1. The number of rotatable bonds is 3. The number of nitrogens with zero attached hydrogens (tertiary/aromatic N) is 1. The fourth-order valence-corrected chi connectivity index (χ4v) is 3.02. The summed E-state index contributed by atoms with van der Waals surface area (Å²) in [5, 5.41) is 2.91. The van der Waals surface area contributed by atoms with Crippen LogP contribution >= 0.6 is 0 Å². The van der Waals surface area contributed by atoms with Crippen LogP contribution in [0.15, 0.2) is 24.3 Å². The van der Waals surface area contributed by atoms with Gasteiger partial charge in [-0.25, -0.2) is 0 Å². The highest BCUT2D eigenvalue weighted by Crippen LogP contribution is 2.38. The zero-order chi connectivity index (χ0) is 16.6. The lowest BCUT2D eigenvalue weighted by Gasteiger charge is -2.38. The molecule has 1 aliphatic heterocycles. The Morgan fingerprint density at radius 3 is 2.74 bits per heavy atom. The summed E-state index contributed by atoms with van der Waals surface area (Å²) >= 11 is 0. The van der Waals surface area contributed by atoms with Crippen LogP contribution in [-0.2, 0) is 9.53 Å². The van der Waals surface area contributed by atoms with Crippen molar-refractivity contribution in [1.82, 2.24) is 4.90 Å². The van der Waals surface area contributed by atoms with Crippen molar-refractivity contribution in [2.24, 2.45) is 11.8 Å². The zero-order valence-electron chi connectivity index (χ0n) is 14.0. The molecule has 2 fully saturated rings. The van der Waals surface area contributed by atoms with Crippen molar-refractivity contribution >= 4 is 17.5 Å². The first kappa shape index (κ1) is 16.0. The molecule has 0 bridgehead atoms. The van der Waals surface area contributed by atoms with Crippen LogP contribution in [0.5, 0.6) is 0 Å². The van der Waals surface area contributed by atoms with E-state index in [2.05, 4.69) is 12.2 Å². The highest BCUT2D eigenvalue weighted by molar-refractivity contribution is 5.98. The standard InChI is InChI=1S/C18H24N2O3/c1-12-9-15(12)16(21)19-14-6-4-5-13(10-14)17(22)20-7-8-23-18(2,3)11-20/h4-6,10,12,15H,7-9,11H2,1-3H3,(H,19,21). The van der Waals surface area contributed by atoms with Crippen LogP contribution in [0.2, 0.25) is 0 Å². The molecule has 3 rings (SSSR count). The van der Waals surface area contributed by atoms with Crippen molar-refractivity contribution < 1.29 is 14.3 Å². The number of hydrogen-bond acceptors (Lipinski definition) is 3. The highest BCUT2D eigenvalue weighted by atomic mass is 16.5. The van der Waals surface area contributed by atoms with E-state index in [4.69, 9.17) is 4.74 Å². The van der Waals surface area contributed by atoms with Crippen molar-refractivity contribution in [3.8, 4) is 0 Å². The van der Waals surface area contributed by atoms with E-state index in [0.29, 0.717) is 36.9 Å². The molecule has 1 N–H and O–H groups in total. The molecule has 1 saturated heterocycles. The third kappa shape index (κ3) is 3.72. The maximum absolute atomic E-state index is 12.7. The fraction of sp³-hybridized carbons (Fsp3) is 0.556. The van der Waals surface area contributed by atoms with Crippen LogP contribution < -0.4 is 5.32 Å².